The number of benzene rings is 1. The van der Waals surface area contributed by atoms with Gasteiger partial charge in [0.1, 0.15) is 22.6 Å². The normalized spacial score (nSPS) is 14.7. The first-order chi connectivity index (χ1) is 9.51. The molecule has 0 saturated carbocycles. The van der Waals surface area contributed by atoms with Gasteiger partial charge in [0.25, 0.3) is 0 Å². The molecule has 0 saturated heterocycles. The monoisotopic (exact) mass is 307 g/mol. The van der Waals surface area contributed by atoms with Gasteiger partial charge in [0.15, 0.2) is 0 Å². The van der Waals surface area contributed by atoms with Crippen LogP contribution in [-0.4, -0.2) is 26.8 Å². The first-order valence-electron chi connectivity index (χ1n) is 6.15. The summed E-state index contributed by atoms with van der Waals surface area (Å²) in [6.45, 7) is 1.70. The Morgan fingerprint density at radius 1 is 1.24 bits per heavy atom. The summed E-state index contributed by atoms with van der Waals surface area (Å²) >= 11 is 0. The van der Waals surface area contributed by atoms with E-state index in [4.69, 9.17) is 10.8 Å². The molecule has 5 nitrogen and oxygen atoms in total. The number of carboxylic acids is 1. The first-order valence-corrected chi connectivity index (χ1v) is 6.15. The minimum absolute atomic E-state index is 0.0730. The summed E-state index contributed by atoms with van der Waals surface area (Å²) < 4.78 is 37.7. The van der Waals surface area contributed by atoms with E-state index < -0.39 is 41.2 Å². The van der Waals surface area contributed by atoms with Gasteiger partial charge in [-0.1, -0.05) is 13.3 Å². The smallest absolute Gasteiger partial charge is 0.420 e. The minimum Gasteiger partial charge on any atom is -0.508 e. The lowest BCUT2D eigenvalue weighted by molar-refractivity contribution is -0.143. The lowest BCUT2D eigenvalue weighted by Gasteiger charge is -2.25. The van der Waals surface area contributed by atoms with Crippen molar-refractivity contribution < 1.29 is 33.3 Å². The number of halogens is 3. The predicted octanol–water partition coefficient (Wildman–Crippen LogP) is 2.24. The number of rotatable bonds is 5. The van der Waals surface area contributed by atoms with E-state index in [9.17, 15) is 28.2 Å². The van der Waals surface area contributed by atoms with Crippen molar-refractivity contribution in [3.8, 4) is 11.5 Å². The Morgan fingerprint density at radius 2 is 1.81 bits per heavy atom. The molecule has 1 aromatic rings. The van der Waals surface area contributed by atoms with E-state index in [0.717, 1.165) is 0 Å². The quantitative estimate of drug-likeness (QED) is 0.625. The Bertz CT molecular complexity index is 545. The average molecular weight is 307 g/mol. The van der Waals surface area contributed by atoms with Crippen molar-refractivity contribution in [2.24, 2.45) is 5.73 Å². The molecule has 1 aromatic carbocycles. The van der Waals surface area contributed by atoms with Gasteiger partial charge in [-0.05, 0) is 24.1 Å². The van der Waals surface area contributed by atoms with Crippen molar-refractivity contribution in [1.29, 1.82) is 0 Å². The van der Waals surface area contributed by atoms with E-state index >= 15 is 0 Å². The summed E-state index contributed by atoms with van der Waals surface area (Å²) in [5.74, 6) is -3.17. The maximum absolute atomic E-state index is 12.6. The molecule has 5 N–H and O–H groups in total. The molecule has 8 heteroatoms. The summed E-state index contributed by atoms with van der Waals surface area (Å²) in [5.41, 5.74) is 2.44. The molecule has 0 aliphatic carbocycles. The van der Waals surface area contributed by atoms with Gasteiger partial charge in [-0.3, -0.25) is 4.79 Å². The standard InChI is InChI=1S/C13H16F3NO4/c1-2-3-12(17,11(20)21)6-7-4-10(19)8(5-9(7)18)13(14,15)16/h4-5,18-19H,2-3,6,17H2,1H3,(H,20,21)/t12-/m0/s1. The van der Waals surface area contributed by atoms with E-state index in [1.807, 2.05) is 0 Å². The fraction of sp³-hybridized carbons (Fsp3) is 0.462. The second-order valence-electron chi connectivity index (χ2n) is 4.88. The third kappa shape index (κ3) is 3.78. The molecular formula is C13H16F3NO4. The zero-order valence-electron chi connectivity index (χ0n) is 11.2. The number of aliphatic carboxylic acids is 1. The lowest BCUT2D eigenvalue weighted by Crippen LogP contribution is -2.49. The molecule has 0 fully saturated rings. The molecule has 118 valence electrons. The zero-order chi connectivity index (χ0) is 16.4. The fourth-order valence-electron chi connectivity index (χ4n) is 2.05. The van der Waals surface area contributed by atoms with Crippen LogP contribution in [0.2, 0.25) is 0 Å². The largest absolute Gasteiger partial charge is 0.508 e. The van der Waals surface area contributed by atoms with Gasteiger partial charge in [-0.2, -0.15) is 13.2 Å². The summed E-state index contributed by atoms with van der Waals surface area (Å²) in [7, 11) is 0. The summed E-state index contributed by atoms with van der Waals surface area (Å²) in [4.78, 5) is 11.2. The van der Waals surface area contributed by atoms with Crippen molar-refractivity contribution in [2.45, 2.75) is 37.9 Å². The van der Waals surface area contributed by atoms with E-state index in [1.165, 1.54) is 0 Å². The first kappa shape index (κ1) is 17.1. The van der Waals surface area contributed by atoms with E-state index in [-0.39, 0.29) is 12.0 Å². The molecule has 0 unspecified atom stereocenters. The SMILES string of the molecule is CCC[C@](N)(Cc1cc(O)c(C(F)(F)F)cc1O)C(=O)O. The highest BCUT2D eigenvalue weighted by atomic mass is 19.4. The highest BCUT2D eigenvalue weighted by molar-refractivity contribution is 5.79. The Kier molecular flexibility index (Phi) is 4.72. The van der Waals surface area contributed by atoms with Crippen molar-refractivity contribution >= 4 is 5.97 Å². The number of alkyl halides is 3. The molecule has 0 aromatic heterocycles. The van der Waals surface area contributed by atoms with Crippen LogP contribution in [-0.2, 0) is 17.4 Å². The fourth-order valence-corrected chi connectivity index (χ4v) is 2.05. The molecule has 0 heterocycles. The Hall–Kier alpha value is -1.96. The van der Waals surface area contributed by atoms with Crippen LogP contribution in [0.5, 0.6) is 11.5 Å². The minimum atomic E-state index is -4.82. The lowest BCUT2D eigenvalue weighted by atomic mass is 9.87. The van der Waals surface area contributed by atoms with Crippen molar-refractivity contribution in [2.75, 3.05) is 0 Å². The van der Waals surface area contributed by atoms with Crippen LogP contribution in [0.15, 0.2) is 12.1 Å². The van der Waals surface area contributed by atoms with Gasteiger partial charge in [-0.15, -0.1) is 0 Å². The highest BCUT2D eigenvalue weighted by Gasteiger charge is 2.37. The molecule has 0 aliphatic rings. The molecular weight excluding hydrogens is 291 g/mol. The molecule has 0 spiro atoms. The molecule has 21 heavy (non-hydrogen) atoms. The van der Waals surface area contributed by atoms with Crippen molar-refractivity contribution in [3.63, 3.8) is 0 Å². The van der Waals surface area contributed by atoms with Crippen LogP contribution in [0, 0.1) is 0 Å². The Labute approximate surface area is 118 Å². The maximum atomic E-state index is 12.6. The second kappa shape index (κ2) is 5.80. The highest BCUT2D eigenvalue weighted by Crippen LogP contribution is 2.40. The van der Waals surface area contributed by atoms with Crippen LogP contribution in [0.3, 0.4) is 0 Å². The molecule has 0 amide bonds. The van der Waals surface area contributed by atoms with Crippen LogP contribution < -0.4 is 5.73 Å². The third-order valence-corrected chi connectivity index (χ3v) is 3.13. The third-order valence-electron chi connectivity index (χ3n) is 3.13. The number of carboxylic acid groups (broad SMARTS) is 1. The topological polar surface area (TPSA) is 104 Å². The summed E-state index contributed by atoms with van der Waals surface area (Å²) in [6.07, 6.45) is -4.70. The molecule has 1 rings (SSSR count). The van der Waals surface area contributed by atoms with Gasteiger partial charge < -0.3 is 21.1 Å². The Morgan fingerprint density at radius 3 is 2.24 bits per heavy atom. The summed E-state index contributed by atoms with van der Waals surface area (Å²) in [6, 6.07) is 1.05. The number of hydrogen-bond donors (Lipinski definition) is 4. The number of phenols is 2. The van der Waals surface area contributed by atoms with Crippen LogP contribution in [0.1, 0.15) is 30.9 Å². The number of carbonyl (C=O) groups is 1. The number of nitrogens with two attached hydrogens (primary N) is 1. The molecule has 0 bridgehead atoms. The summed E-state index contributed by atoms with van der Waals surface area (Å²) in [5, 5.41) is 28.2. The van der Waals surface area contributed by atoms with Crippen LogP contribution in [0.4, 0.5) is 13.2 Å². The van der Waals surface area contributed by atoms with Gasteiger partial charge in [0.2, 0.25) is 0 Å². The maximum Gasteiger partial charge on any atom is 0.420 e. The van der Waals surface area contributed by atoms with Gasteiger partial charge in [0, 0.05) is 6.42 Å². The number of aromatic hydroxyl groups is 2. The van der Waals surface area contributed by atoms with Crippen LogP contribution in [0.25, 0.3) is 0 Å². The predicted molar refractivity (Wildman–Crippen MR) is 67.9 cm³/mol. The van der Waals surface area contributed by atoms with E-state index in [0.29, 0.717) is 18.6 Å². The number of hydrogen-bond acceptors (Lipinski definition) is 4. The zero-order valence-corrected chi connectivity index (χ0v) is 11.2. The van der Waals surface area contributed by atoms with Gasteiger partial charge in [0.05, 0.1) is 0 Å². The average Bonchev–Trinajstić information content (AvgIpc) is 2.32. The van der Waals surface area contributed by atoms with Crippen molar-refractivity contribution in [1.82, 2.24) is 0 Å². The Balaban J connectivity index is 3.21. The van der Waals surface area contributed by atoms with Gasteiger partial charge >= 0.3 is 12.1 Å². The molecule has 0 aliphatic heterocycles. The van der Waals surface area contributed by atoms with Crippen molar-refractivity contribution in [3.05, 3.63) is 23.3 Å². The van der Waals surface area contributed by atoms with E-state index in [2.05, 4.69) is 0 Å². The second-order valence-corrected chi connectivity index (χ2v) is 4.88. The molecule has 1 atom stereocenters. The van der Waals surface area contributed by atoms with Gasteiger partial charge in [-0.25, -0.2) is 0 Å². The van der Waals surface area contributed by atoms with Crippen LogP contribution >= 0.6 is 0 Å². The number of phenolic OH excluding ortho intramolecular Hbond substituents is 2. The van der Waals surface area contributed by atoms with E-state index in [1.54, 1.807) is 6.92 Å². The molecule has 0 radical (unpaired) electrons.